The van der Waals surface area contributed by atoms with Gasteiger partial charge in [-0.05, 0) is 36.4 Å². The average Bonchev–Trinajstić information content (AvgIpc) is 2.30. The predicted molar refractivity (Wildman–Crippen MR) is 73.4 cm³/mol. The van der Waals surface area contributed by atoms with Crippen molar-refractivity contribution in [3.8, 4) is 11.1 Å². The highest BCUT2D eigenvalue weighted by atomic mass is 35.5. The largest absolute Gasteiger partial charge is 0.128 e. The van der Waals surface area contributed by atoms with E-state index in [1.165, 1.54) is 16.7 Å². The molecule has 0 saturated heterocycles. The third kappa shape index (κ3) is 2.42. The van der Waals surface area contributed by atoms with Crippen molar-refractivity contribution >= 4 is 23.4 Å². The molecule has 0 aliphatic heterocycles. The predicted octanol–water partition coefficient (Wildman–Crippen LogP) is 5.04. The second-order valence-corrected chi connectivity index (χ2v) is 4.97. The van der Waals surface area contributed by atoms with Crippen LogP contribution >= 0.6 is 23.4 Å². The Labute approximate surface area is 106 Å². The highest BCUT2D eigenvalue weighted by Gasteiger charge is 2.02. The Kier molecular flexibility index (Phi) is 3.57. The van der Waals surface area contributed by atoms with Gasteiger partial charge >= 0.3 is 0 Å². The van der Waals surface area contributed by atoms with Gasteiger partial charge < -0.3 is 0 Å². The second-order valence-electron chi connectivity index (χ2n) is 3.72. The van der Waals surface area contributed by atoms with Gasteiger partial charge in [-0.2, -0.15) is 0 Å². The normalized spacial score (nSPS) is 10.4. The Bertz CT molecular complexity index is 489. The average molecular weight is 249 g/mol. The Morgan fingerprint density at radius 2 is 1.56 bits per heavy atom. The monoisotopic (exact) mass is 248 g/mol. The van der Waals surface area contributed by atoms with Crippen molar-refractivity contribution in [2.24, 2.45) is 0 Å². The smallest absolute Gasteiger partial charge is 0.0547 e. The van der Waals surface area contributed by atoms with Gasteiger partial charge in [-0.1, -0.05) is 47.5 Å². The van der Waals surface area contributed by atoms with Crippen LogP contribution in [0.25, 0.3) is 11.1 Å². The summed E-state index contributed by atoms with van der Waals surface area (Å²) < 4.78 is 0. The number of aryl methyl sites for hydroxylation is 1. The highest BCUT2D eigenvalue weighted by molar-refractivity contribution is 7.98. The van der Waals surface area contributed by atoms with Crippen LogP contribution in [0.3, 0.4) is 0 Å². The van der Waals surface area contributed by atoms with E-state index >= 15 is 0 Å². The van der Waals surface area contributed by atoms with E-state index in [1.54, 1.807) is 11.8 Å². The van der Waals surface area contributed by atoms with Gasteiger partial charge in [-0.3, -0.25) is 0 Å². The zero-order valence-corrected chi connectivity index (χ0v) is 10.9. The molecular weight excluding hydrogens is 236 g/mol. The van der Waals surface area contributed by atoms with Crippen molar-refractivity contribution in [3.05, 3.63) is 53.1 Å². The van der Waals surface area contributed by atoms with E-state index in [0.29, 0.717) is 0 Å². The summed E-state index contributed by atoms with van der Waals surface area (Å²) in [5, 5.41) is 0.825. The summed E-state index contributed by atoms with van der Waals surface area (Å²) in [6.45, 7) is 2.09. The Morgan fingerprint density at radius 3 is 2.12 bits per heavy atom. The van der Waals surface area contributed by atoms with Crippen LogP contribution in [0.5, 0.6) is 0 Å². The van der Waals surface area contributed by atoms with Gasteiger partial charge in [-0.15, -0.1) is 11.8 Å². The molecule has 16 heavy (non-hydrogen) atoms. The first-order valence-electron chi connectivity index (χ1n) is 5.11. The number of benzene rings is 2. The van der Waals surface area contributed by atoms with E-state index in [9.17, 15) is 0 Å². The maximum Gasteiger partial charge on any atom is 0.0547 e. The molecule has 2 heteroatoms. The molecule has 0 atom stereocenters. The minimum absolute atomic E-state index is 0.825. The van der Waals surface area contributed by atoms with E-state index in [2.05, 4.69) is 43.3 Å². The summed E-state index contributed by atoms with van der Waals surface area (Å²) in [7, 11) is 0. The van der Waals surface area contributed by atoms with Gasteiger partial charge in [0.1, 0.15) is 0 Å². The second kappa shape index (κ2) is 4.94. The van der Waals surface area contributed by atoms with Crippen molar-refractivity contribution in [1.29, 1.82) is 0 Å². The Morgan fingerprint density at radius 1 is 0.938 bits per heavy atom. The van der Waals surface area contributed by atoms with E-state index in [1.807, 2.05) is 12.3 Å². The molecule has 82 valence electrons. The van der Waals surface area contributed by atoms with Crippen LogP contribution in [0.2, 0.25) is 5.02 Å². The first kappa shape index (κ1) is 11.6. The number of halogens is 1. The molecular formula is C14H13ClS. The maximum atomic E-state index is 6.19. The quantitative estimate of drug-likeness (QED) is 0.671. The first-order chi connectivity index (χ1) is 7.70. The molecule has 0 aromatic heterocycles. The topological polar surface area (TPSA) is 0 Å². The molecule has 2 aromatic rings. The highest BCUT2D eigenvalue weighted by Crippen LogP contribution is 2.30. The molecule has 2 rings (SSSR count). The molecule has 0 bridgehead atoms. The molecule has 0 heterocycles. The molecule has 0 unspecified atom stereocenters. The van der Waals surface area contributed by atoms with Gasteiger partial charge in [0.05, 0.1) is 5.02 Å². The molecule has 0 amide bonds. The summed E-state index contributed by atoms with van der Waals surface area (Å²) in [6, 6.07) is 14.7. The van der Waals surface area contributed by atoms with Crippen LogP contribution in [-0.2, 0) is 0 Å². The molecule has 0 fully saturated rings. The molecule has 2 aromatic carbocycles. The Balaban J connectivity index is 2.41. The number of hydrogen-bond donors (Lipinski definition) is 0. The molecule has 0 aliphatic carbocycles. The molecule has 0 aliphatic rings. The molecule has 0 nitrogen and oxygen atoms in total. The van der Waals surface area contributed by atoms with Gasteiger partial charge in [-0.25, -0.2) is 0 Å². The van der Waals surface area contributed by atoms with E-state index < -0.39 is 0 Å². The minimum Gasteiger partial charge on any atom is -0.128 e. The summed E-state index contributed by atoms with van der Waals surface area (Å²) in [5.74, 6) is 0. The third-order valence-corrected chi connectivity index (χ3v) is 3.76. The fraction of sp³-hybridized carbons (Fsp3) is 0.143. The van der Waals surface area contributed by atoms with Crippen molar-refractivity contribution in [3.63, 3.8) is 0 Å². The van der Waals surface area contributed by atoms with E-state index in [0.717, 1.165) is 9.92 Å². The van der Waals surface area contributed by atoms with Crippen molar-refractivity contribution in [2.45, 2.75) is 11.8 Å². The van der Waals surface area contributed by atoms with Crippen LogP contribution < -0.4 is 0 Å². The number of hydrogen-bond acceptors (Lipinski definition) is 1. The van der Waals surface area contributed by atoms with E-state index in [4.69, 9.17) is 11.6 Å². The lowest BCUT2D eigenvalue weighted by atomic mass is 10.0. The van der Waals surface area contributed by atoms with Crippen LogP contribution in [0.4, 0.5) is 0 Å². The fourth-order valence-corrected chi connectivity index (χ4v) is 2.46. The van der Waals surface area contributed by atoms with Crippen LogP contribution in [0.15, 0.2) is 47.4 Å². The molecule has 0 spiro atoms. The van der Waals surface area contributed by atoms with Crippen molar-refractivity contribution in [1.82, 2.24) is 0 Å². The van der Waals surface area contributed by atoms with Crippen LogP contribution in [0, 0.1) is 6.92 Å². The summed E-state index contributed by atoms with van der Waals surface area (Å²) in [5.41, 5.74) is 3.65. The van der Waals surface area contributed by atoms with Gasteiger partial charge in [0.25, 0.3) is 0 Å². The lowest BCUT2D eigenvalue weighted by molar-refractivity contribution is 1.44. The van der Waals surface area contributed by atoms with Gasteiger partial charge in [0.2, 0.25) is 0 Å². The molecule has 0 radical (unpaired) electrons. The van der Waals surface area contributed by atoms with Crippen LogP contribution in [0.1, 0.15) is 5.56 Å². The summed E-state index contributed by atoms with van der Waals surface area (Å²) in [4.78, 5) is 1.12. The maximum absolute atomic E-state index is 6.19. The van der Waals surface area contributed by atoms with Gasteiger partial charge in [0, 0.05) is 4.90 Å². The minimum atomic E-state index is 0.825. The Hall–Kier alpha value is -0.920. The zero-order valence-electron chi connectivity index (χ0n) is 9.33. The van der Waals surface area contributed by atoms with Crippen LogP contribution in [-0.4, -0.2) is 6.26 Å². The lowest BCUT2D eigenvalue weighted by Crippen LogP contribution is -1.80. The first-order valence-corrected chi connectivity index (χ1v) is 6.71. The van der Waals surface area contributed by atoms with Gasteiger partial charge in [0.15, 0.2) is 0 Å². The molecule has 0 N–H and O–H groups in total. The summed E-state index contributed by atoms with van der Waals surface area (Å²) in [6.07, 6.45) is 2.03. The number of rotatable bonds is 2. The summed E-state index contributed by atoms with van der Waals surface area (Å²) >= 11 is 7.86. The third-order valence-electron chi connectivity index (χ3n) is 2.54. The number of thioether (sulfide) groups is 1. The zero-order chi connectivity index (χ0) is 11.5. The lowest BCUT2D eigenvalue weighted by Gasteiger charge is -2.05. The molecule has 0 saturated carbocycles. The fourth-order valence-electron chi connectivity index (χ4n) is 1.59. The van der Waals surface area contributed by atoms with Crippen molar-refractivity contribution in [2.75, 3.05) is 6.26 Å². The SMILES string of the molecule is CSc1ccc(-c2ccc(C)cc2)cc1Cl. The standard InChI is InChI=1S/C14H13ClS/c1-10-3-5-11(6-4-10)12-7-8-14(16-2)13(15)9-12/h3-9H,1-2H3. The van der Waals surface area contributed by atoms with E-state index in [-0.39, 0.29) is 0 Å². The van der Waals surface area contributed by atoms with Crippen molar-refractivity contribution < 1.29 is 0 Å².